The van der Waals surface area contributed by atoms with Gasteiger partial charge >= 0.3 is 0 Å². The third-order valence-electron chi connectivity index (χ3n) is 3.01. The summed E-state index contributed by atoms with van der Waals surface area (Å²) in [6.45, 7) is 6.66. The zero-order chi connectivity index (χ0) is 15.0. The Morgan fingerprint density at radius 2 is 1.95 bits per heavy atom. The monoisotopic (exact) mass is 304 g/mol. The van der Waals surface area contributed by atoms with Crippen LogP contribution in [0.5, 0.6) is 0 Å². The number of amides is 2. The third-order valence-corrected chi connectivity index (χ3v) is 3.93. The Balaban J connectivity index is 2.13. The van der Waals surface area contributed by atoms with Crippen molar-refractivity contribution in [2.75, 3.05) is 51.0 Å². The molecule has 1 rings (SSSR count). The molecule has 0 aromatic carbocycles. The van der Waals surface area contributed by atoms with Crippen molar-refractivity contribution in [1.82, 2.24) is 10.2 Å². The Bertz CT molecular complexity index is 330. The highest BCUT2D eigenvalue weighted by Crippen LogP contribution is 2.11. The lowest BCUT2D eigenvalue weighted by Gasteiger charge is -2.26. The van der Waals surface area contributed by atoms with E-state index in [2.05, 4.69) is 5.32 Å². The van der Waals surface area contributed by atoms with Gasteiger partial charge in [0.25, 0.3) is 0 Å². The van der Waals surface area contributed by atoms with Crippen molar-refractivity contribution in [3.8, 4) is 0 Å². The topological polar surface area (TPSA) is 78.9 Å². The Morgan fingerprint density at radius 1 is 1.30 bits per heavy atom. The molecule has 0 atom stereocenters. The molecule has 0 saturated carbocycles. The van der Waals surface area contributed by atoms with Gasteiger partial charge < -0.3 is 20.1 Å². The van der Waals surface area contributed by atoms with Gasteiger partial charge in [0, 0.05) is 31.7 Å². The molecule has 1 aliphatic heterocycles. The predicted octanol–water partition coefficient (Wildman–Crippen LogP) is -0.287. The number of rotatable bonds is 7. The molecule has 0 radical (unpaired) electrons. The van der Waals surface area contributed by atoms with E-state index in [1.807, 2.05) is 13.8 Å². The van der Waals surface area contributed by atoms with Crippen molar-refractivity contribution in [1.29, 1.82) is 0 Å². The Morgan fingerprint density at radius 3 is 2.55 bits per heavy atom. The van der Waals surface area contributed by atoms with E-state index in [-0.39, 0.29) is 29.6 Å². The summed E-state index contributed by atoms with van der Waals surface area (Å²) in [4.78, 5) is 25.2. The highest BCUT2D eigenvalue weighted by Gasteiger charge is 2.19. The summed E-state index contributed by atoms with van der Waals surface area (Å²) in [5, 5.41) is 11.8. The average Bonchev–Trinajstić information content (AvgIpc) is 2.46. The maximum Gasteiger partial charge on any atom is 0.232 e. The molecule has 116 valence electrons. The van der Waals surface area contributed by atoms with Gasteiger partial charge in [0.1, 0.15) is 0 Å². The smallest absolute Gasteiger partial charge is 0.232 e. The van der Waals surface area contributed by atoms with E-state index >= 15 is 0 Å². The average molecular weight is 304 g/mol. The minimum absolute atomic E-state index is 0.0237. The van der Waals surface area contributed by atoms with E-state index < -0.39 is 0 Å². The molecule has 0 spiro atoms. The first kappa shape index (κ1) is 17.3. The van der Waals surface area contributed by atoms with Crippen LogP contribution in [0.1, 0.15) is 13.8 Å². The fourth-order valence-corrected chi connectivity index (χ4v) is 2.33. The zero-order valence-electron chi connectivity index (χ0n) is 12.2. The van der Waals surface area contributed by atoms with Crippen molar-refractivity contribution in [2.45, 2.75) is 13.8 Å². The maximum atomic E-state index is 11.8. The highest BCUT2D eigenvalue weighted by atomic mass is 32.2. The Kier molecular flexibility index (Phi) is 7.32. The fourth-order valence-electron chi connectivity index (χ4n) is 1.58. The minimum Gasteiger partial charge on any atom is -0.396 e. The number of ether oxygens (including phenoxy) is 1. The summed E-state index contributed by atoms with van der Waals surface area (Å²) >= 11 is 1.31. The number of carbonyl (C=O) groups is 2. The van der Waals surface area contributed by atoms with Gasteiger partial charge in [-0.15, -0.1) is 11.8 Å². The van der Waals surface area contributed by atoms with Gasteiger partial charge in [-0.05, 0) is 0 Å². The van der Waals surface area contributed by atoms with E-state index in [1.165, 1.54) is 11.8 Å². The Labute approximate surface area is 124 Å². The lowest BCUT2D eigenvalue weighted by molar-refractivity contribution is -0.132. The number of aliphatic hydroxyl groups is 1. The minimum atomic E-state index is -0.316. The first-order valence-corrected chi connectivity index (χ1v) is 7.91. The molecule has 0 bridgehead atoms. The quantitative estimate of drug-likeness (QED) is 0.676. The lowest BCUT2D eigenvalue weighted by atomic mass is 9.95. The van der Waals surface area contributed by atoms with Crippen LogP contribution in [0.25, 0.3) is 0 Å². The van der Waals surface area contributed by atoms with Crippen molar-refractivity contribution < 1.29 is 19.4 Å². The lowest BCUT2D eigenvalue weighted by Crippen LogP contribution is -2.42. The summed E-state index contributed by atoms with van der Waals surface area (Å²) < 4.78 is 5.18. The largest absolute Gasteiger partial charge is 0.396 e. The second kappa shape index (κ2) is 8.49. The molecule has 0 aromatic rings. The number of hydrogen-bond donors (Lipinski definition) is 2. The summed E-state index contributed by atoms with van der Waals surface area (Å²) in [5.74, 6) is 0.530. The van der Waals surface area contributed by atoms with Crippen LogP contribution >= 0.6 is 11.8 Å². The fraction of sp³-hybridized carbons (Fsp3) is 0.846. The van der Waals surface area contributed by atoms with Crippen LogP contribution in [0.3, 0.4) is 0 Å². The van der Waals surface area contributed by atoms with Crippen LogP contribution in [0, 0.1) is 5.41 Å². The molecule has 1 heterocycles. The van der Waals surface area contributed by atoms with E-state index in [4.69, 9.17) is 9.84 Å². The molecular formula is C13H24N2O4S. The molecular weight excluding hydrogens is 280 g/mol. The third kappa shape index (κ3) is 6.58. The van der Waals surface area contributed by atoms with Crippen LogP contribution in [-0.4, -0.2) is 72.8 Å². The second-order valence-electron chi connectivity index (χ2n) is 5.59. The first-order chi connectivity index (χ1) is 9.44. The van der Waals surface area contributed by atoms with E-state index in [0.717, 1.165) is 0 Å². The SMILES string of the molecule is CC(C)(CO)CNC(=O)CSCC(=O)N1CCOCC1. The van der Waals surface area contributed by atoms with Crippen molar-refractivity contribution in [2.24, 2.45) is 5.41 Å². The summed E-state index contributed by atoms with van der Waals surface area (Å²) in [6.07, 6.45) is 0. The molecule has 0 aromatic heterocycles. The summed E-state index contributed by atoms with van der Waals surface area (Å²) in [6, 6.07) is 0. The second-order valence-corrected chi connectivity index (χ2v) is 6.57. The van der Waals surface area contributed by atoms with Crippen LogP contribution in [0.4, 0.5) is 0 Å². The van der Waals surface area contributed by atoms with Gasteiger partial charge in [-0.1, -0.05) is 13.8 Å². The number of hydrogen-bond acceptors (Lipinski definition) is 5. The summed E-state index contributed by atoms with van der Waals surface area (Å²) in [5.41, 5.74) is -0.316. The molecule has 1 saturated heterocycles. The first-order valence-electron chi connectivity index (χ1n) is 6.75. The van der Waals surface area contributed by atoms with Gasteiger partial charge in [-0.25, -0.2) is 0 Å². The molecule has 1 aliphatic rings. The van der Waals surface area contributed by atoms with Crippen LogP contribution in [0.15, 0.2) is 0 Å². The van der Waals surface area contributed by atoms with Gasteiger partial charge in [-0.2, -0.15) is 0 Å². The standard InChI is InChI=1S/C13H24N2O4S/c1-13(2,10-16)9-14-11(17)7-20-8-12(18)15-3-5-19-6-4-15/h16H,3-10H2,1-2H3,(H,14,17). The number of thioether (sulfide) groups is 1. The van der Waals surface area contributed by atoms with E-state index in [1.54, 1.807) is 4.90 Å². The molecule has 0 aliphatic carbocycles. The van der Waals surface area contributed by atoms with Gasteiger partial charge in [0.05, 0.1) is 24.7 Å². The van der Waals surface area contributed by atoms with Crippen LogP contribution in [0.2, 0.25) is 0 Å². The molecule has 20 heavy (non-hydrogen) atoms. The van der Waals surface area contributed by atoms with Crippen LogP contribution < -0.4 is 5.32 Å². The number of nitrogens with one attached hydrogen (secondary N) is 1. The van der Waals surface area contributed by atoms with Crippen molar-refractivity contribution in [3.63, 3.8) is 0 Å². The molecule has 6 nitrogen and oxygen atoms in total. The van der Waals surface area contributed by atoms with Gasteiger partial charge in [0.2, 0.25) is 11.8 Å². The highest BCUT2D eigenvalue weighted by molar-refractivity contribution is 8.00. The van der Waals surface area contributed by atoms with Gasteiger partial charge in [-0.3, -0.25) is 9.59 Å². The maximum absolute atomic E-state index is 11.8. The number of morpholine rings is 1. The summed E-state index contributed by atoms with van der Waals surface area (Å²) in [7, 11) is 0. The number of carbonyl (C=O) groups excluding carboxylic acids is 2. The molecule has 2 amide bonds. The predicted molar refractivity (Wildman–Crippen MR) is 78.6 cm³/mol. The van der Waals surface area contributed by atoms with Crippen LogP contribution in [-0.2, 0) is 14.3 Å². The molecule has 1 fully saturated rings. The van der Waals surface area contributed by atoms with Crippen molar-refractivity contribution in [3.05, 3.63) is 0 Å². The number of aliphatic hydroxyl groups excluding tert-OH is 1. The zero-order valence-corrected chi connectivity index (χ0v) is 13.0. The van der Waals surface area contributed by atoms with E-state index in [0.29, 0.717) is 38.6 Å². The molecule has 0 unspecified atom stereocenters. The Hall–Kier alpha value is -0.790. The molecule has 2 N–H and O–H groups in total. The normalized spacial score (nSPS) is 16.1. The van der Waals surface area contributed by atoms with Gasteiger partial charge in [0.15, 0.2) is 0 Å². The molecule has 7 heteroatoms. The van der Waals surface area contributed by atoms with Crippen molar-refractivity contribution >= 4 is 23.6 Å². The number of nitrogens with zero attached hydrogens (tertiary/aromatic N) is 1. The van der Waals surface area contributed by atoms with E-state index in [9.17, 15) is 9.59 Å².